The summed E-state index contributed by atoms with van der Waals surface area (Å²) in [4.78, 5) is 26.9. The molecule has 4 rings (SSSR count). The summed E-state index contributed by atoms with van der Waals surface area (Å²) in [6, 6.07) is 5.05. The normalized spacial score (nSPS) is 17.4. The van der Waals surface area contributed by atoms with Gasteiger partial charge in [0.15, 0.2) is 5.82 Å². The van der Waals surface area contributed by atoms with Crippen LogP contribution >= 0.6 is 0 Å². The smallest absolute Gasteiger partial charge is 0.313 e. The molecule has 1 aromatic heterocycles. The number of amidine groups is 1. The van der Waals surface area contributed by atoms with Crippen LogP contribution in [0.3, 0.4) is 0 Å². The van der Waals surface area contributed by atoms with E-state index >= 15 is 4.39 Å². The van der Waals surface area contributed by atoms with E-state index in [2.05, 4.69) is 19.8 Å². The van der Waals surface area contributed by atoms with Gasteiger partial charge in [0.05, 0.1) is 29.4 Å². The van der Waals surface area contributed by atoms with Gasteiger partial charge >= 0.3 is 5.97 Å². The van der Waals surface area contributed by atoms with Crippen molar-refractivity contribution in [1.29, 1.82) is 5.41 Å². The molecular formula is C25H36FN7O3. The number of anilines is 3. The van der Waals surface area contributed by atoms with Crippen molar-refractivity contribution in [1.82, 2.24) is 9.97 Å². The van der Waals surface area contributed by atoms with E-state index in [-0.39, 0.29) is 31.9 Å². The molecule has 0 unspecified atom stereocenters. The van der Waals surface area contributed by atoms with E-state index in [1.807, 2.05) is 24.2 Å². The van der Waals surface area contributed by atoms with Crippen molar-refractivity contribution in [2.24, 2.45) is 5.73 Å². The summed E-state index contributed by atoms with van der Waals surface area (Å²) in [5.41, 5.74) is 6.25. The van der Waals surface area contributed by atoms with Crippen molar-refractivity contribution in [3.63, 3.8) is 0 Å². The Bertz CT molecular complexity index is 1050. The van der Waals surface area contributed by atoms with Crippen LogP contribution in [0.4, 0.5) is 21.7 Å². The highest BCUT2D eigenvalue weighted by Crippen LogP contribution is 2.27. The van der Waals surface area contributed by atoms with E-state index in [1.165, 1.54) is 0 Å². The second-order valence-corrected chi connectivity index (χ2v) is 9.31. The minimum absolute atomic E-state index is 0. The zero-order valence-corrected chi connectivity index (χ0v) is 19.9. The van der Waals surface area contributed by atoms with E-state index in [0.29, 0.717) is 50.7 Å². The van der Waals surface area contributed by atoms with Crippen LogP contribution in [-0.2, 0) is 16.1 Å². The van der Waals surface area contributed by atoms with Gasteiger partial charge in [-0.2, -0.15) is 0 Å². The van der Waals surface area contributed by atoms with Crippen LogP contribution in [0.2, 0.25) is 0 Å². The average molecular weight is 502 g/mol. The minimum Gasteiger partial charge on any atom is -0.460 e. The zero-order chi connectivity index (χ0) is 25.0. The first-order valence-electron chi connectivity index (χ1n) is 11.8. The molecule has 2 aliphatic heterocycles. The Morgan fingerprint density at radius 3 is 2.33 bits per heavy atom. The fraction of sp³-hybridized carbons (Fsp3) is 0.520. The molecule has 2 aliphatic rings. The number of piperidine rings is 1. The number of carbonyl (C=O) groups excluding carboxylic acids is 1. The van der Waals surface area contributed by atoms with Crippen LogP contribution in [0.25, 0.3) is 0 Å². The van der Waals surface area contributed by atoms with Crippen molar-refractivity contribution >= 4 is 29.1 Å². The van der Waals surface area contributed by atoms with Crippen molar-refractivity contribution in [3.05, 3.63) is 42.0 Å². The standard InChI is InChI=1S/C24H32FN7O3.CH4/c1-24(34)5-7-32(8-6-24)23-28-14-18(15-29-23)30-9-11-31(12-10-30)19-4-2-3-17(22(19)25)16-35-21(33)13-20(26)27;/h2-4,14-15,34H,5-13,16H2,1H3,(H3,26,27);1H4. The average Bonchev–Trinajstić information content (AvgIpc) is 2.83. The van der Waals surface area contributed by atoms with Gasteiger partial charge < -0.3 is 30.3 Å². The number of benzene rings is 1. The monoisotopic (exact) mass is 501 g/mol. The molecule has 0 bridgehead atoms. The molecule has 36 heavy (non-hydrogen) atoms. The van der Waals surface area contributed by atoms with Gasteiger partial charge in [-0.15, -0.1) is 0 Å². The van der Waals surface area contributed by atoms with Crippen molar-refractivity contribution in [2.45, 2.75) is 45.8 Å². The number of nitrogens with zero attached hydrogens (tertiary/aromatic N) is 5. The number of nitrogens with two attached hydrogens (primary N) is 1. The first kappa shape index (κ1) is 27.1. The van der Waals surface area contributed by atoms with Gasteiger partial charge in [0.1, 0.15) is 18.9 Å². The van der Waals surface area contributed by atoms with Gasteiger partial charge in [0, 0.05) is 44.8 Å². The Balaban J connectivity index is 0.00000361. The molecule has 0 spiro atoms. The van der Waals surface area contributed by atoms with E-state index in [9.17, 15) is 9.90 Å². The third-order valence-corrected chi connectivity index (χ3v) is 6.52. The maximum atomic E-state index is 15.1. The van der Waals surface area contributed by atoms with Crippen LogP contribution in [0.5, 0.6) is 0 Å². The highest BCUT2D eigenvalue weighted by atomic mass is 19.1. The number of ether oxygens (including phenoxy) is 1. The topological polar surface area (TPSA) is 132 Å². The Morgan fingerprint density at radius 2 is 1.72 bits per heavy atom. The Kier molecular flexibility index (Phi) is 8.67. The van der Waals surface area contributed by atoms with Crippen molar-refractivity contribution in [2.75, 3.05) is 54.0 Å². The first-order valence-corrected chi connectivity index (χ1v) is 11.8. The molecule has 0 aliphatic carbocycles. The number of halogens is 1. The molecule has 10 nitrogen and oxygen atoms in total. The van der Waals surface area contributed by atoms with Crippen molar-refractivity contribution in [3.8, 4) is 0 Å². The number of aliphatic hydroxyl groups is 1. The molecule has 196 valence electrons. The van der Waals surface area contributed by atoms with Gasteiger partial charge in [0.25, 0.3) is 0 Å². The molecular weight excluding hydrogens is 465 g/mol. The molecule has 0 amide bonds. The second-order valence-electron chi connectivity index (χ2n) is 9.31. The summed E-state index contributed by atoms with van der Waals surface area (Å²) in [6.45, 7) is 5.72. The SMILES string of the molecule is C.CC1(O)CCN(c2ncc(N3CCN(c4cccc(COC(=O)CC(=N)N)c4F)CC3)cn2)CC1. The van der Waals surface area contributed by atoms with Gasteiger partial charge in [-0.05, 0) is 25.8 Å². The summed E-state index contributed by atoms with van der Waals surface area (Å²) in [5.74, 6) is -0.685. The molecule has 0 saturated carbocycles. The molecule has 1 aromatic carbocycles. The van der Waals surface area contributed by atoms with Crippen molar-refractivity contribution < 1.29 is 19.0 Å². The lowest BCUT2D eigenvalue weighted by molar-refractivity contribution is -0.143. The quantitative estimate of drug-likeness (QED) is 0.297. The van der Waals surface area contributed by atoms with Gasteiger partial charge in [-0.25, -0.2) is 14.4 Å². The third-order valence-electron chi connectivity index (χ3n) is 6.52. The van der Waals surface area contributed by atoms with Crippen LogP contribution in [0.15, 0.2) is 30.6 Å². The highest BCUT2D eigenvalue weighted by Gasteiger charge is 2.28. The molecule has 0 atom stereocenters. The summed E-state index contributed by atoms with van der Waals surface area (Å²) < 4.78 is 20.1. The fourth-order valence-corrected chi connectivity index (χ4v) is 4.32. The third kappa shape index (κ3) is 6.60. The summed E-state index contributed by atoms with van der Waals surface area (Å²) in [7, 11) is 0. The Morgan fingerprint density at radius 1 is 1.11 bits per heavy atom. The number of piperazine rings is 1. The highest BCUT2D eigenvalue weighted by molar-refractivity contribution is 5.94. The number of rotatable bonds is 7. The first-order chi connectivity index (χ1) is 16.7. The summed E-state index contributed by atoms with van der Waals surface area (Å²) in [6.07, 6.45) is 4.72. The lowest BCUT2D eigenvalue weighted by Gasteiger charge is -2.38. The summed E-state index contributed by atoms with van der Waals surface area (Å²) in [5, 5.41) is 17.3. The van der Waals surface area contributed by atoms with E-state index in [1.54, 1.807) is 18.2 Å². The minimum atomic E-state index is -0.656. The number of hydrogen-bond donors (Lipinski definition) is 3. The maximum absolute atomic E-state index is 15.1. The molecule has 2 fully saturated rings. The Hall–Kier alpha value is -3.47. The van der Waals surface area contributed by atoms with Crippen LogP contribution < -0.4 is 20.4 Å². The lowest BCUT2D eigenvalue weighted by Crippen LogP contribution is -2.47. The molecule has 2 saturated heterocycles. The number of esters is 1. The predicted octanol–water partition coefficient (Wildman–Crippen LogP) is 2.30. The molecule has 0 radical (unpaired) electrons. The van der Waals surface area contributed by atoms with Gasteiger partial charge in [-0.1, -0.05) is 19.6 Å². The van der Waals surface area contributed by atoms with E-state index < -0.39 is 17.4 Å². The zero-order valence-electron chi connectivity index (χ0n) is 19.9. The largest absolute Gasteiger partial charge is 0.460 e. The van der Waals surface area contributed by atoms with E-state index in [0.717, 1.165) is 18.8 Å². The number of hydrogen-bond acceptors (Lipinski definition) is 9. The molecule has 11 heteroatoms. The Labute approximate surface area is 211 Å². The van der Waals surface area contributed by atoms with Crippen LogP contribution in [0.1, 0.15) is 39.2 Å². The van der Waals surface area contributed by atoms with E-state index in [4.69, 9.17) is 15.9 Å². The maximum Gasteiger partial charge on any atom is 0.313 e. The fourth-order valence-electron chi connectivity index (χ4n) is 4.32. The summed E-state index contributed by atoms with van der Waals surface area (Å²) >= 11 is 0. The molecule has 2 aromatic rings. The van der Waals surface area contributed by atoms with Crippen LogP contribution in [-0.4, -0.2) is 71.7 Å². The molecule has 4 N–H and O–H groups in total. The van der Waals surface area contributed by atoms with Gasteiger partial charge in [0.2, 0.25) is 5.95 Å². The number of aromatic nitrogens is 2. The second kappa shape index (κ2) is 11.5. The predicted molar refractivity (Wildman–Crippen MR) is 138 cm³/mol. The molecule has 3 heterocycles. The van der Waals surface area contributed by atoms with Gasteiger partial charge in [-0.3, -0.25) is 10.2 Å². The number of nitrogens with one attached hydrogen (secondary N) is 1. The lowest BCUT2D eigenvalue weighted by atomic mass is 9.94. The number of carbonyl (C=O) groups is 1. The van der Waals surface area contributed by atoms with Crippen LogP contribution in [0, 0.1) is 11.2 Å².